The van der Waals surface area contributed by atoms with Crippen LogP contribution in [0, 0.1) is 6.92 Å². The smallest absolute Gasteiger partial charge is 0.177 e. The van der Waals surface area contributed by atoms with Crippen molar-refractivity contribution in [3.8, 4) is 11.6 Å². The number of imidazole rings is 1. The first kappa shape index (κ1) is 12.9. The van der Waals surface area contributed by atoms with Crippen LogP contribution in [-0.2, 0) is 6.54 Å². The Bertz CT molecular complexity index is 752. The van der Waals surface area contributed by atoms with Crippen molar-refractivity contribution >= 4 is 11.0 Å². The third kappa shape index (κ3) is 2.02. The molecule has 0 aliphatic carbocycles. The van der Waals surface area contributed by atoms with Gasteiger partial charge in [-0.15, -0.1) is 0 Å². The molecule has 0 aliphatic heterocycles. The molecule has 0 amide bonds. The highest BCUT2D eigenvalue weighted by Crippen LogP contribution is 2.29. The van der Waals surface area contributed by atoms with Crippen LogP contribution in [0.3, 0.4) is 0 Å². The number of furan rings is 1. The van der Waals surface area contributed by atoms with E-state index in [1.165, 1.54) is 0 Å². The van der Waals surface area contributed by atoms with Crippen molar-refractivity contribution in [3.63, 3.8) is 0 Å². The van der Waals surface area contributed by atoms with Crippen LogP contribution in [0.15, 0.2) is 34.7 Å². The van der Waals surface area contributed by atoms with Gasteiger partial charge in [-0.3, -0.25) is 0 Å². The Labute approximate surface area is 118 Å². The zero-order valence-electron chi connectivity index (χ0n) is 12.1. The molecule has 4 heteroatoms. The number of rotatable bonds is 3. The summed E-state index contributed by atoms with van der Waals surface area (Å²) in [5, 5.41) is 0. The normalized spacial score (nSPS) is 11.7. The SMILES string of the molecule is Cc1ccc(-c2nc3cc(CN)ccc3n2C(C)C)o1. The van der Waals surface area contributed by atoms with Crippen LogP contribution in [-0.4, -0.2) is 9.55 Å². The number of aryl methyl sites for hydroxylation is 1. The third-order valence-corrected chi connectivity index (χ3v) is 3.47. The molecule has 4 nitrogen and oxygen atoms in total. The minimum atomic E-state index is 0.309. The maximum absolute atomic E-state index is 5.74. The highest BCUT2D eigenvalue weighted by atomic mass is 16.3. The fourth-order valence-corrected chi connectivity index (χ4v) is 2.52. The van der Waals surface area contributed by atoms with E-state index in [2.05, 4.69) is 30.5 Å². The Hall–Kier alpha value is -2.07. The molecule has 0 fully saturated rings. The first-order valence-corrected chi connectivity index (χ1v) is 6.88. The van der Waals surface area contributed by atoms with E-state index in [4.69, 9.17) is 15.1 Å². The van der Waals surface area contributed by atoms with E-state index in [1.54, 1.807) is 0 Å². The lowest BCUT2D eigenvalue weighted by Gasteiger charge is -2.11. The second-order valence-corrected chi connectivity index (χ2v) is 5.34. The summed E-state index contributed by atoms with van der Waals surface area (Å²) in [6.07, 6.45) is 0. The number of fused-ring (bicyclic) bond motifs is 1. The Morgan fingerprint density at radius 3 is 2.65 bits per heavy atom. The van der Waals surface area contributed by atoms with Gasteiger partial charge in [0.1, 0.15) is 5.76 Å². The highest BCUT2D eigenvalue weighted by molar-refractivity contribution is 5.80. The van der Waals surface area contributed by atoms with E-state index >= 15 is 0 Å². The number of hydrogen-bond acceptors (Lipinski definition) is 3. The summed E-state index contributed by atoms with van der Waals surface area (Å²) in [5.41, 5.74) is 8.87. The van der Waals surface area contributed by atoms with Crippen LogP contribution in [0.2, 0.25) is 0 Å². The molecule has 2 N–H and O–H groups in total. The average Bonchev–Trinajstić information content (AvgIpc) is 3.00. The number of benzene rings is 1. The van der Waals surface area contributed by atoms with Crippen LogP contribution < -0.4 is 5.73 Å². The Morgan fingerprint density at radius 2 is 2.05 bits per heavy atom. The zero-order valence-corrected chi connectivity index (χ0v) is 12.1. The average molecular weight is 269 g/mol. The number of nitrogens with two attached hydrogens (primary N) is 1. The van der Waals surface area contributed by atoms with Crippen molar-refractivity contribution < 1.29 is 4.42 Å². The lowest BCUT2D eigenvalue weighted by Crippen LogP contribution is -2.02. The molecule has 0 aliphatic rings. The maximum Gasteiger partial charge on any atom is 0.177 e. The van der Waals surface area contributed by atoms with Gasteiger partial charge in [0.2, 0.25) is 0 Å². The van der Waals surface area contributed by atoms with Gasteiger partial charge in [0.15, 0.2) is 11.6 Å². The molecule has 0 unspecified atom stereocenters. The molecule has 3 rings (SSSR count). The molecule has 0 spiro atoms. The van der Waals surface area contributed by atoms with Crippen molar-refractivity contribution in [2.24, 2.45) is 5.73 Å². The number of hydrogen-bond donors (Lipinski definition) is 1. The molecule has 0 saturated heterocycles. The maximum atomic E-state index is 5.74. The molecule has 3 aromatic rings. The summed E-state index contributed by atoms with van der Waals surface area (Å²) in [7, 11) is 0. The highest BCUT2D eigenvalue weighted by Gasteiger charge is 2.17. The summed E-state index contributed by atoms with van der Waals surface area (Å²) in [6.45, 7) is 6.77. The summed E-state index contributed by atoms with van der Waals surface area (Å²) < 4.78 is 7.94. The molecule has 20 heavy (non-hydrogen) atoms. The lowest BCUT2D eigenvalue weighted by molar-refractivity contribution is 0.531. The molecular formula is C16H19N3O. The largest absolute Gasteiger partial charge is 0.458 e. The second-order valence-electron chi connectivity index (χ2n) is 5.34. The molecule has 1 aromatic carbocycles. The topological polar surface area (TPSA) is 57.0 Å². The summed E-state index contributed by atoms with van der Waals surface area (Å²) in [4.78, 5) is 4.74. The molecule has 0 radical (unpaired) electrons. The predicted octanol–water partition coefficient (Wildman–Crippen LogP) is 3.64. The predicted molar refractivity (Wildman–Crippen MR) is 80.4 cm³/mol. The molecule has 2 heterocycles. The van der Waals surface area contributed by atoms with E-state index in [9.17, 15) is 0 Å². The van der Waals surface area contributed by atoms with E-state index in [0.29, 0.717) is 12.6 Å². The fourth-order valence-electron chi connectivity index (χ4n) is 2.52. The van der Waals surface area contributed by atoms with Gasteiger partial charge in [-0.05, 0) is 50.6 Å². The van der Waals surface area contributed by atoms with Crippen LogP contribution in [0.25, 0.3) is 22.6 Å². The zero-order chi connectivity index (χ0) is 14.3. The Morgan fingerprint density at radius 1 is 1.25 bits per heavy atom. The second kappa shape index (κ2) is 4.80. The molecule has 0 atom stereocenters. The van der Waals surface area contributed by atoms with Crippen LogP contribution in [0.1, 0.15) is 31.2 Å². The van der Waals surface area contributed by atoms with Crippen molar-refractivity contribution in [1.29, 1.82) is 0 Å². The van der Waals surface area contributed by atoms with Crippen molar-refractivity contribution in [2.75, 3.05) is 0 Å². The third-order valence-electron chi connectivity index (χ3n) is 3.47. The molecule has 0 bridgehead atoms. The van der Waals surface area contributed by atoms with E-state index in [1.807, 2.05) is 25.1 Å². The van der Waals surface area contributed by atoms with Crippen LogP contribution >= 0.6 is 0 Å². The Kier molecular flexibility index (Phi) is 3.10. The Balaban J connectivity index is 2.27. The van der Waals surface area contributed by atoms with Gasteiger partial charge in [0.05, 0.1) is 11.0 Å². The van der Waals surface area contributed by atoms with Crippen molar-refractivity contribution in [2.45, 2.75) is 33.4 Å². The van der Waals surface area contributed by atoms with Gasteiger partial charge < -0.3 is 14.7 Å². The molecule has 104 valence electrons. The molecule has 0 saturated carbocycles. The first-order chi connectivity index (χ1) is 9.60. The number of nitrogens with zero attached hydrogens (tertiary/aromatic N) is 2. The van der Waals surface area contributed by atoms with Gasteiger partial charge in [-0.2, -0.15) is 0 Å². The van der Waals surface area contributed by atoms with Gasteiger partial charge in [0.25, 0.3) is 0 Å². The van der Waals surface area contributed by atoms with E-state index in [-0.39, 0.29) is 0 Å². The van der Waals surface area contributed by atoms with E-state index in [0.717, 1.165) is 33.9 Å². The minimum absolute atomic E-state index is 0.309. The van der Waals surface area contributed by atoms with Crippen molar-refractivity contribution in [1.82, 2.24) is 9.55 Å². The monoisotopic (exact) mass is 269 g/mol. The van der Waals surface area contributed by atoms with Gasteiger partial charge in [-0.1, -0.05) is 6.07 Å². The molecule has 2 aromatic heterocycles. The van der Waals surface area contributed by atoms with Crippen LogP contribution in [0.5, 0.6) is 0 Å². The van der Waals surface area contributed by atoms with E-state index < -0.39 is 0 Å². The van der Waals surface area contributed by atoms with Crippen molar-refractivity contribution in [3.05, 3.63) is 41.7 Å². The molecular weight excluding hydrogens is 250 g/mol. The number of aromatic nitrogens is 2. The first-order valence-electron chi connectivity index (χ1n) is 6.88. The van der Waals surface area contributed by atoms with Gasteiger partial charge in [0, 0.05) is 12.6 Å². The lowest BCUT2D eigenvalue weighted by atomic mass is 10.2. The van der Waals surface area contributed by atoms with Gasteiger partial charge in [-0.25, -0.2) is 4.98 Å². The quantitative estimate of drug-likeness (QED) is 0.789. The minimum Gasteiger partial charge on any atom is -0.458 e. The summed E-state index contributed by atoms with van der Waals surface area (Å²) in [6, 6.07) is 10.4. The fraction of sp³-hybridized carbons (Fsp3) is 0.312. The van der Waals surface area contributed by atoms with Gasteiger partial charge >= 0.3 is 0 Å². The standard InChI is InChI=1S/C16H19N3O/c1-10(2)19-14-6-5-12(9-17)8-13(14)18-16(19)15-7-4-11(3)20-15/h4-8,10H,9,17H2,1-3H3. The van der Waals surface area contributed by atoms with Crippen LogP contribution in [0.4, 0.5) is 0 Å². The summed E-state index contributed by atoms with van der Waals surface area (Å²) >= 11 is 0. The summed E-state index contributed by atoms with van der Waals surface area (Å²) in [5.74, 6) is 2.57.